The maximum Gasteiger partial charge on any atom is 0.191 e. The molecule has 1 saturated heterocycles. The molecule has 5 nitrogen and oxygen atoms in total. The Bertz CT molecular complexity index is 298. The van der Waals surface area contributed by atoms with Crippen molar-refractivity contribution in [1.29, 1.82) is 0 Å². The number of ether oxygens (including phenoxy) is 1. The lowest BCUT2D eigenvalue weighted by atomic mass is 10.0. The molecule has 0 aromatic rings. The van der Waals surface area contributed by atoms with Crippen LogP contribution >= 0.6 is 0 Å². The lowest BCUT2D eigenvalue weighted by Gasteiger charge is -2.40. The summed E-state index contributed by atoms with van der Waals surface area (Å²) < 4.78 is 5.42. The van der Waals surface area contributed by atoms with E-state index < -0.39 is 0 Å². The van der Waals surface area contributed by atoms with Crippen LogP contribution in [0.2, 0.25) is 0 Å². The average molecular weight is 284 g/mol. The van der Waals surface area contributed by atoms with E-state index >= 15 is 0 Å². The first kappa shape index (κ1) is 17.2. The van der Waals surface area contributed by atoms with Crippen molar-refractivity contribution in [2.75, 3.05) is 39.4 Å². The van der Waals surface area contributed by atoms with Crippen LogP contribution in [0.3, 0.4) is 0 Å². The van der Waals surface area contributed by atoms with Crippen LogP contribution in [0.4, 0.5) is 0 Å². The molecular weight excluding hydrogens is 252 g/mol. The number of hydrogen-bond donors (Lipinski definition) is 2. The molecule has 0 aliphatic carbocycles. The van der Waals surface area contributed by atoms with Gasteiger partial charge in [0.15, 0.2) is 5.96 Å². The summed E-state index contributed by atoms with van der Waals surface area (Å²) in [5, 5.41) is 6.76. The van der Waals surface area contributed by atoms with E-state index in [1.54, 1.807) is 0 Å². The lowest BCUT2D eigenvalue weighted by Crippen LogP contribution is -2.52. The fourth-order valence-corrected chi connectivity index (χ4v) is 2.20. The Labute approximate surface area is 124 Å². The van der Waals surface area contributed by atoms with Crippen molar-refractivity contribution < 1.29 is 4.74 Å². The minimum absolute atomic E-state index is 0.0710. The van der Waals surface area contributed by atoms with Crippen molar-refractivity contribution in [3.8, 4) is 0 Å². The second-order valence-corrected chi connectivity index (χ2v) is 6.06. The van der Waals surface area contributed by atoms with Crippen molar-refractivity contribution in [1.82, 2.24) is 15.5 Å². The van der Waals surface area contributed by atoms with Crippen LogP contribution in [-0.4, -0.2) is 61.8 Å². The topological polar surface area (TPSA) is 48.9 Å². The predicted octanol–water partition coefficient (Wildman–Crippen LogP) is 1.45. The molecule has 1 rings (SSSR count). The summed E-state index contributed by atoms with van der Waals surface area (Å²) in [6, 6.07) is 0.444. The molecule has 1 aliphatic rings. The third-order valence-corrected chi connectivity index (χ3v) is 3.83. The Morgan fingerprint density at radius 2 is 1.95 bits per heavy atom. The molecule has 0 amide bonds. The molecule has 5 heteroatoms. The number of rotatable bonds is 6. The Hall–Kier alpha value is -0.810. The third kappa shape index (κ3) is 5.67. The first-order chi connectivity index (χ1) is 9.49. The maximum absolute atomic E-state index is 5.42. The predicted molar refractivity (Wildman–Crippen MR) is 85.3 cm³/mol. The first-order valence-electron chi connectivity index (χ1n) is 7.87. The van der Waals surface area contributed by atoms with E-state index in [-0.39, 0.29) is 5.54 Å². The molecule has 0 radical (unpaired) electrons. The summed E-state index contributed by atoms with van der Waals surface area (Å²) in [6.07, 6.45) is 1.09. The van der Waals surface area contributed by atoms with E-state index in [0.29, 0.717) is 6.04 Å². The normalized spacial score (nSPS) is 19.8. The van der Waals surface area contributed by atoms with E-state index in [2.05, 4.69) is 50.2 Å². The zero-order valence-corrected chi connectivity index (χ0v) is 13.8. The highest BCUT2D eigenvalue weighted by Crippen LogP contribution is 2.16. The molecule has 0 spiro atoms. The highest BCUT2D eigenvalue weighted by Gasteiger charge is 2.28. The molecule has 0 bridgehead atoms. The second kappa shape index (κ2) is 8.47. The summed E-state index contributed by atoms with van der Waals surface area (Å²) in [5.41, 5.74) is 0.0710. The lowest BCUT2D eigenvalue weighted by molar-refractivity contribution is -0.00684. The van der Waals surface area contributed by atoms with Crippen molar-refractivity contribution in [2.45, 2.75) is 52.6 Å². The largest absolute Gasteiger partial charge is 0.379 e. The molecule has 0 aromatic carbocycles. The van der Waals surface area contributed by atoms with Crippen molar-refractivity contribution >= 4 is 5.96 Å². The van der Waals surface area contributed by atoms with Gasteiger partial charge in [0.05, 0.1) is 19.8 Å². The van der Waals surface area contributed by atoms with Gasteiger partial charge >= 0.3 is 0 Å². The van der Waals surface area contributed by atoms with Crippen LogP contribution < -0.4 is 10.6 Å². The average Bonchev–Trinajstić information content (AvgIpc) is 2.46. The van der Waals surface area contributed by atoms with Crippen LogP contribution in [0.15, 0.2) is 4.99 Å². The Morgan fingerprint density at radius 1 is 1.30 bits per heavy atom. The SMILES string of the molecule is CCNC(=NCC(C)(C)N1CCOCC1)NC(C)CC. The van der Waals surface area contributed by atoms with Crippen LogP contribution in [-0.2, 0) is 4.74 Å². The highest BCUT2D eigenvalue weighted by atomic mass is 16.5. The van der Waals surface area contributed by atoms with Crippen LogP contribution in [0.1, 0.15) is 41.0 Å². The molecule has 1 fully saturated rings. The first-order valence-corrected chi connectivity index (χ1v) is 7.87. The Kier molecular flexibility index (Phi) is 7.30. The number of hydrogen-bond acceptors (Lipinski definition) is 3. The number of aliphatic imine (C=N–C) groups is 1. The number of guanidine groups is 1. The van der Waals surface area contributed by atoms with E-state index in [1.165, 1.54) is 0 Å². The molecule has 118 valence electrons. The molecule has 1 aliphatic heterocycles. The fourth-order valence-electron chi connectivity index (χ4n) is 2.20. The molecule has 0 saturated carbocycles. The monoisotopic (exact) mass is 284 g/mol. The summed E-state index contributed by atoms with van der Waals surface area (Å²) in [7, 11) is 0. The second-order valence-electron chi connectivity index (χ2n) is 6.06. The van der Waals surface area contributed by atoms with E-state index in [4.69, 9.17) is 9.73 Å². The molecule has 1 atom stereocenters. The van der Waals surface area contributed by atoms with Gasteiger partial charge in [0.2, 0.25) is 0 Å². The van der Waals surface area contributed by atoms with Gasteiger partial charge in [0.1, 0.15) is 0 Å². The standard InChI is InChI=1S/C15H32N4O/c1-6-13(3)18-14(16-7-2)17-12-15(4,5)19-8-10-20-11-9-19/h13H,6-12H2,1-5H3,(H2,16,17,18). The molecule has 1 heterocycles. The number of nitrogens with zero attached hydrogens (tertiary/aromatic N) is 2. The number of morpholine rings is 1. The quantitative estimate of drug-likeness (QED) is 0.572. The minimum Gasteiger partial charge on any atom is -0.379 e. The van der Waals surface area contributed by atoms with Gasteiger partial charge < -0.3 is 15.4 Å². The Balaban J connectivity index is 2.59. The van der Waals surface area contributed by atoms with Gasteiger partial charge in [-0.2, -0.15) is 0 Å². The van der Waals surface area contributed by atoms with E-state index in [9.17, 15) is 0 Å². The van der Waals surface area contributed by atoms with Crippen molar-refractivity contribution in [2.24, 2.45) is 4.99 Å². The summed E-state index contributed by atoms with van der Waals surface area (Å²) in [5.74, 6) is 0.920. The van der Waals surface area contributed by atoms with Gasteiger partial charge in [-0.05, 0) is 34.1 Å². The van der Waals surface area contributed by atoms with Gasteiger partial charge in [-0.15, -0.1) is 0 Å². The minimum atomic E-state index is 0.0710. The molecule has 20 heavy (non-hydrogen) atoms. The van der Waals surface area contributed by atoms with Crippen molar-refractivity contribution in [3.05, 3.63) is 0 Å². The molecular formula is C15H32N4O. The van der Waals surface area contributed by atoms with E-state index in [0.717, 1.165) is 51.8 Å². The Morgan fingerprint density at radius 3 is 2.50 bits per heavy atom. The van der Waals surface area contributed by atoms with Crippen LogP contribution in [0.25, 0.3) is 0 Å². The third-order valence-electron chi connectivity index (χ3n) is 3.83. The van der Waals surface area contributed by atoms with Gasteiger partial charge in [-0.25, -0.2) is 0 Å². The van der Waals surface area contributed by atoms with Crippen LogP contribution in [0, 0.1) is 0 Å². The van der Waals surface area contributed by atoms with Gasteiger partial charge in [0, 0.05) is 31.2 Å². The molecule has 0 aromatic heterocycles. The van der Waals surface area contributed by atoms with Crippen molar-refractivity contribution in [3.63, 3.8) is 0 Å². The summed E-state index contributed by atoms with van der Waals surface area (Å²) in [4.78, 5) is 7.23. The number of nitrogens with one attached hydrogen (secondary N) is 2. The van der Waals surface area contributed by atoms with Crippen LogP contribution in [0.5, 0.6) is 0 Å². The molecule has 2 N–H and O–H groups in total. The summed E-state index contributed by atoms with van der Waals surface area (Å²) in [6.45, 7) is 16.3. The molecule has 1 unspecified atom stereocenters. The van der Waals surface area contributed by atoms with Gasteiger partial charge in [-0.1, -0.05) is 6.92 Å². The zero-order valence-electron chi connectivity index (χ0n) is 13.8. The smallest absolute Gasteiger partial charge is 0.191 e. The summed E-state index contributed by atoms with van der Waals surface area (Å²) >= 11 is 0. The zero-order chi connectivity index (χ0) is 15.0. The maximum atomic E-state index is 5.42. The highest BCUT2D eigenvalue weighted by molar-refractivity contribution is 5.80. The van der Waals surface area contributed by atoms with E-state index in [1.807, 2.05) is 0 Å². The fraction of sp³-hybridized carbons (Fsp3) is 0.933. The van der Waals surface area contributed by atoms with Gasteiger partial charge in [0.25, 0.3) is 0 Å². The van der Waals surface area contributed by atoms with Gasteiger partial charge in [-0.3, -0.25) is 9.89 Å².